The number of piperidine rings is 1. The van der Waals surface area contributed by atoms with Gasteiger partial charge in [0, 0.05) is 49.4 Å². The van der Waals surface area contributed by atoms with Crippen LogP contribution in [0.15, 0.2) is 24.4 Å². The molecular formula is C27H31N7O2. The van der Waals surface area contributed by atoms with Gasteiger partial charge in [0.1, 0.15) is 22.7 Å². The molecule has 7 rings (SSSR count). The largest absolute Gasteiger partial charge is 0.494 e. The van der Waals surface area contributed by atoms with Gasteiger partial charge in [-0.2, -0.15) is 0 Å². The zero-order valence-electron chi connectivity index (χ0n) is 20.9. The van der Waals surface area contributed by atoms with Gasteiger partial charge in [0.15, 0.2) is 5.82 Å². The summed E-state index contributed by atoms with van der Waals surface area (Å²) in [5, 5.41) is 1.01. The highest BCUT2D eigenvalue weighted by Crippen LogP contribution is 2.40. The van der Waals surface area contributed by atoms with Gasteiger partial charge in [-0.3, -0.25) is 4.79 Å². The molecule has 2 bridgehead atoms. The van der Waals surface area contributed by atoms with Gasteiger partial charge in [0.05, 0.1) is 18.3 Å². The third kappa shape index (κ3) is 3.18. The molecule has 4 heterocycles. The number of hydrogen-bond acceptors (Lipinski definition) is 6. The summed E-state index contributed by atoms with van der Waals surface area (Å²) in [5.74, 6) is 3.32. The van der Waals surface area contributed by atoms with E-state index in [-0.39, 0.29) is 18.0 Å². The van der Waals surface area contributed by atoms with Crippen LogP contribution in [0.4, 0.5) is 0 Å². The monoisotopic (exact) mass is 485 g/mol. The van der Waals surface area contributed by atoms with Crippen molar-refractivity contribution in [1.82, 2.24) is 29.0 Å². The topological polar surface area (TPSA) is 104 Å². The van der Waals surface area contributed by atoms with Gasteiger partial charge in [-0.25, -0.2) is 15.0 Å². The van der Waals surface area contributed by atoms with Crippen LogP contribution in [0.25, 0.3) is 33.6 Å². The summed E-state index contributed by atoms with van der Waals surface area (Å²) in [5.41, 5.74) is 10.5. The smallest absolute Gasteiger partial charge is 0.254 e. The molecule has 2 saturated carbocycles. The molecule has 2 N–H and O–H groups in total. The van der Waals surface area contributed by atoms with Gasteiger partial charge < -0.3 is 24.5 Å². The third-order valence-corrected chi connectivity index (χ3v) is 8.44. The Morgan fingerprint density at radius 3 is 2.69 bits per heavy atom. The van der Waals surface area contributed by atoms with Crippen LogP contribution in [0.3, 0.4) is 0 Å². The van der Waals surface area contributed by atoms with Crippen LogP contribution in [0.2, 0.25) is 0 Å². The minimum absolute atomic E-state index is 0.0126. The second-order valence-electron chi connectivity index (χ2n) is 10.8. The predicted molar refractivity (Wildman–Crippen MR) is 137 cm³/mol. The number of nitrogens with two attached hydrogens (primary N) is 1. The lowest BCUT2D eigenvalue weighted by Gasteiger charge is -2.27. The van der Waals surface area contributed by atoms with Crippen molar-refractivity contribution in [1.29, 1.82) is 0 Å². The molecular weight excluding hydrogens is 454 g/mol. The summed E-state index contributed by atoms with van der Waals surface area (Å²) in [4.78, 5) is 29.7. The molecule has 0 unspecified atom stereocenters. The number of fused-ring (bicyclic) bond motifs is 4. The molecule has 9 heteroatoms. The number of carbonyl (C=O) groups is 1. The van der Waals surface area contributed by atoms with E-state index in [1.54, 1.807) is 7.11 Å². The maximum atomic E-state index is 13.5. The van der Waals surface area contributed by atoms with E-state index in [0.29, 0.717) is 23.1 Å². The highest BCUT2D eigenvalue weighted by molar-refractivity contribution is 6.00. The molecule has 9 nitrogen and oxygen atoms in total. The van der Waals surface area contributed by atoms with Crippen LogP contribution in [0.1, 0.15) is 41.9 Å². The van der Waals surface area contributed by atoms with Crippen molar-refractivity contribution in [3.05, 3.63) is 35.8 Å². The molecule has 3 fully saturated rings. The number of carbonyl (C=O) groups excluding carboxylic acids is 1. The summed E-state index contributed by atoms with van der Waals surface area (Å²) in [6, 6.07) is 6.09. The lowest BCUT2D eigenvalue weighted by atomic mass is 10.1. The molecule has 3 atom stereocenters. The van der Waals surface area contributed by atoms with E-state index >= 15 is 0 Å². The Morgan fingerprint density at radius 2 is 2.00 bits per heavy atom. The van der Waals surface area contributed by atoms with Crippen LogP contribution < -0.4 is 10.5 Å². The Hall–Kier alpha value is -3.46. The second-order valence-corrected chi connectivity index (χ2v) is 10.8. The van der Waals surface area contributed by atoms with Gasteiger partial charge >= 0.3 is 0 Å². The van der Waals surface area contributed by atoms with Gasteiger partial charge in [-0.05, 0) is 62.6 Å². The normalized spacial score (nSPS) is 23.3. The zero-order chi connectivity index (χ0) is 24.7. The summed E-state index contributed by atoms with van der Waals surface area (Å²) in [6.45, 7) is 3.57. The molecule has 1 amide bonds. The molecule has 36 heavy (non-hydrogen) atoms. The number of benzene rings is 1. The second kappa shape index (κ2) is 7.77. The number of aryl methyl sites for hydroxylation is 2. The minimum atomic E-state index is 0.0126. The van der Waals surface area contributed by atoms with Crippen LogP contribution >= 0.6 is 0 Å². The average Bonchev–Trinajstić information content (AvgIpc) is 3.29. The molecule has 1 saturated heterocycles. The van der Waals surface area contributed by atoms with E-state index in [2.05, 4.69) is 20.2 Å². The molecule has 4 aromatic rings. The quantitative estimate of drug-likeness (QED) is 0.465. The standard InChI is InChI=1S/C27H31N7O2/c1-14-29-11-18-9-21(33(25(18)30-14)12-15-4-5-15)26-31-19-8-17(10-22(36-3)24(19)32(26)2)27(35)34-13-16-6-7-20(34)23(16)28/h8-11,15-16,20,23H,4-7,12-13,28H2,1-3H3/t16-,20-,23-/m1/s1. The first-order valence-electron chi connectivity index (χ1n) is 12.9. The number of aromatic nitrogens is 5. The van der Waals surface area contributed by atoms with Crippen molar-refractivity contribution in [2.24, 2.45) is 24.6 Å². The summed E-state index contributed by atoms with van der Waals surface area (Å²) < 4.78 is 10.1. The molecule has 3 aromatic heterocycles. The fraction of sp³-hybridized carbons (Fsp3) is 0.481. The maximum absolute atomic E-state index is 13.5. The minimum Gasteiger partial charge on any atom is -0.494 e. The molecule has 1 aromatic carbocycles. The zero-order valence-corrected chi connectivity index (χ0v) is 20.9. The van der Waals surface area contributed by atoms with E-state index in [0.717, 1.165) is 65.3 Å². The average molecular weight is 486 g/mol. The number of imidazole rings is 1. The highest BCUT2D eigenvalue weighted by Gasteiger charge is 2.47. The Kier molecular flexibility index (Phi) is 4.70. The number of rotatable bonds is 5. The maximum Gasteiger partial charge on any atom is 0.254 e. The fourth-order valence-corrected chi connectivity index (χ4v) is 6.32. The van der Waals surface area contributed by atoms with Crippen molar-refractivity contribution in [2.75, 3.05) is 13.7 Å². The lowest BCUT2D eigenvalue weighted by Crippen LogP contribution is -2.41. The number of hydrogen-bond donors (Lipinski definition) is 1. The van der Waals surface area contributed by atoms with Gasteiger partial charge in [-0.15, -0.1) is 0 Å². The first kappa shape index (κ1) is 21.8. The summed E-state index contributed by atoms with van der Waals surface area (Å²) >= 11 is 0. The number of ether oxygens (including phenoxy) is 1. The van der Waals surface area contributed by atoms with E-state index in [9.17, 15) is 4.79 Å². The SMILES string of the molecule is COc1cc(C(=O)N2C[C@H]3CC[C@@H]2[C@@H]3N)cc2nc(-c3cc4cnc(C)nc4n3CC3CC3)n(C)c12. The lowest BCUT2D eigenvalue weighted by molar-refractivity contribution is 0.0700. The van der Waals surface area contributed by atoms with Gasteiger partial charge in [-0.1, -0.05) is 0 Å². The Bertz CT molecular complexity index is 1530. The van der Waals surface area contributed by atoms with Crippen molar-refractivity contribution < 1.29 is 9.53 Å². The number of methoxy groups -OCH3 is 1. The van der Waals surface area contributed by atoms with Crippen LogP contribution in [0.5, 0.6) is 5.75 Å². The van der Waals surface area contributed by atoms with Crippen LogP contribution in [-0.2, 0) is 13.6 Å². The van der Waals surface area contributed by atoms with Crippen molar-refractivity contribution in [3.63, 3.8) is 0 Å². The summed E-state index contributed by atoms with van der Waals surface area (Å²) in [6.07, 6.45) is 6.47. The van der Waals surface area contributed by atoms with Crippen molar-refractivity contribution in [2.45, 2.75) is 51.2 Å². The molecule has 3 aliphatic rings. The van der Waals surface area contributed by atoms with E-state index in [4.69, 9.17) is 20.4 Å². The fourth-order valence-electron chi connectivity index (χ4n) is 6.32. The van der Waals surface area contributed by atoms with E-state index < -0.39 is 0 Å². The summed E-state index contributed by atoms with van der Waals surface area (Å²) in [7, 11) is 3.65. The Morgan fingerprint density at radius 1 is 1.17 bits per heavy atom. The number of nitrogens with zero attached hydrogens (tertiary/aromatic N) is 6. The van der Waals surface area contributed by atoms with Crippen molar-refractivity contribution >= 4 is 28.0 Å². The van der Waals surface area contributed by atoms with E-state index in [1.165, 1.54) is 12.8 Å². The molecule has 2 aliphatic carbocycles. The Labute approximate surface area is 209 Å². The van der Waals surface area contributed by atoms with Gasteiger partial charge in [0.25, 0.3) is 5.91 Å². The molecule has 1 aliphatic heterocycles. The predicted octanol–water partition coefficient (Wildman–Crippen LogP) is 3.27. The Balaban J connectivity index is 1.35. The molecule has 186 valence electrons. The van der Waals surface area contributed by atoms with Gasteiger partial charge in [0.2, 0.25) is 0 Å². The number of amides is 1. The first-order chi connectivity index (χ1) is 17.4. The third-order valence-electron chi connectivity index (χ3n) is 8.44. The van der Waals surface area contributed by atoms with E-state index in [1.807, 2.05) is 37.2 Å². The molecule has 0 radical (unpaired) electrons. The van der Waals surface area contributed by atoms with Crippen LogP contribution in [0, 0.1) is 18.8 Å². The number of likely N-dealkylation sites (tertiary alicyclic amines) is 1. The van der Waals surface area contributed by atoms with Crippen LogP contribution in [-0.4, -0.2) is 60.6 Å². The molecule has 0 spiro atoms. The van der Waals surface area contributed by atoms with Crippen molar-refractivity contribution in [3.8, 4) is 17.3 Å². The highest BCUT2D eigenvalue weighted by atomic mass is 16.5. The first-order valence-corrected chi connectivity index (χ1v) is 12.9.